The summed E-state index contributed by atoms with van der Waals surface area (Å²) in [4.78, 5) is 11.5. The third-order valence-electron chi connectivity index (χ3n) is 2.44. The van der Waals surface area contributed by atoms with Crippen LogP contribution in [-0.4, -0.2) is 26.1 Å². The maximum absolute atomic E-state index is 11.5. The Labute approximate surface area is 106 Å². The number of carbonyl (C=O) groups is 1. The Morgan fingerprint density at radius 3 is 2.65 bits per heavy atom. The minimum atomic E-state index is -0.133. The zero-order chi connectivity index (χ0) is 13.0. The summed E-state index contributed by atoms with van der Waals surface area (Å²) in [5.41, 5.74) is 7.41. The van der Waals surface area contributed by atoms with Crippen LogP contribution in [0.15, 0.2) is 6.07 Å². The molecule has 0 aliphatic rings. The van der Waals surface area contributed by atoms with Gasteiger partial charge in [0.2, 0.25) is 0 Å². The first-order valence-corrected chi connectivity index (χ1v) is 5.58. The molecule has 0 heterocycles. The Hall–Kier alpha value is -1.26. The van der Waals surface area contributed by atoms with Crippen LogP contribution in [0, 0.1) is 6.92 Å². The summed E-state index contributed by atoms with van der Waals surface area (Å²) in [7, 11) is 1.58. The molecule has 0 aliphatic carbocycles. The predicted octanol–water partition coefficient (Wildman–Crippen LogP) is 2.46. The SMILES string of the molecule is COCCOc1c(C(C)=O)cc(Cl)c(C)c1N. The molecule has 1 aromatic rings. The lowest BCUT2D eigenvalue weighted by molar-refractivity contribution is 0.101. The molecule has 1 rings (SSSR count). The molecule has 0 amide bonds. The number of anilines is 1. The Balaban J connectivity index is 3.15. The molecule has 2 N–H and O–H groups in total. The highest BCUT2D eigenvalue weighted by molar-refractivity contribution is 6.32. The zero-order valence-electron chi connectivity index (χ0n) is 10.2. The second-order valence-electron chi connectivity index (χ2n) is 3.67. The number of hydrogen-bond acceptors (Lipinski definition) is 4. The summed E-state index contributed by atoms with van der Waals surface area (Å²) in [6.45, 7) is 3.99. The van der Waals surface area contributed by atoms with Gasteiger partial charge in [0.05, 0.1) is 17.9 Å². The minimum Gasteiger partial charge on any atom is -0.488 e. The van der Waals surface area contributed by atoms with Crippen molar-refractivity contribution >= 4 is 23.1 Å². The summed E-state index contributed by atoms with van der Waals surface area (Å²) >= 11 is 5.98. The van der Waals surface area contributed by atoms with Crippen molar-refractivity contribution < 1.29 is 14.3 Å². The van der Waals surface area contributed by atoms with Crippen molar-refractivity contribution in [1.29, 1.82) is 0 Å². The van der Waals surface area contributed by atoms with E-state index in [4.69, 9.17) is 26.8 Å². The molecule has 0 spiro atoms. The molecule has 0 fully saturated rings. The summed E-state index contributed by atoms with van der Waals surface area (Å²) in [6, 6.07) is 1.58. The van der Waals surface area contributed by atoms with Gasteiger partial charge in [0.15, 0.2) is 11.5 Å². The van der Waals surface area contributed by atoms with Gasteiger partial charge in [0, 0.05) is 12.1 Å². The number of hydrogen-bond donors (Lipinski definition) is 1. The lowest BCUT2D eigenvalue weighted by atomic mass is 10.1. The predicted molar refractivity (Wildman–Crippen MR) is 68.0 cm³/mol. The van der Waals surface area contributed by atoms with E-state index in [9.17, 15) is 4.79 Å². The Morgan fingerprint density at radius 2 is 2.12 bits per heavy atom. The molecule has 4 nitrogen and oxygen atoms in total. The molecule has 17 heavy (non-hydrogen) atoms. The van der Waals surface area contributed by atoms with Crippen LogP contribution in [0.4, 0.5) is 5.69 Å². The van der Waals surface area contributed by atoms with Crippen LogP contribution in [0.25, 0.3) is 0 Å². The van der Waals surface area contributed by atoms with E-state index in [-0.39, 0.29) is 5.78 Å². The minimum absolute atomic E-state index is 0.133. The fourth-order valence-electron chi connectivity index (χ4n) is 1.39. The first-order chi connectivity index (χ1) is 7.99. The summed E-state index contributed by atoms with van der Waals surface area (Å²) in [6.07, 6.45) is 0. The smallest absolute Gasteiger partial charge is 0.163 e. The van der Waals surface area contributed by atoms with Crippen LogP contribution in [0.5, 0.6) is 5.75 Å². The van der Waals surface area contributed by atoms with Crippen LogP contribution in [-0.2, 0) is 4.74 Å². The van der Waals surface area contributed by atoms with E-state index >= 15 is 0 Å². The number of ketones is 1. The Bertz CT molecular complexity index is 432. The molecule has 0 aliphatic heterocycles. The van der Waals surface area contributed by atoms with Crippen LogP contribution in [0.3, 0.4) is 0 Å². The van der Waals surface area contributed by atoms with Crippen LogP contribution in [0.2, 0.25) is 5.02 Å². The van der Waals surface area contributed by atoms with E-state index in [1.807, 2.05) is 0 Å². The molecular weight excluding hydrogens is 242 g/mol. The fourth-order valence-corrected chi connectivity index (χ4v) is 1.60. The van der Waals surface area contributed by atoms with Crippen molar-refractivity contribution in [3.05, 3.63) is 22.2 Å². The van der Waals surface area contributed by atoms with Crippen molar-refractivity contribution in [2.75, 3.05) is 26.1 Å². The Kier molecular flexibility index (Phi) is 4.78. The van der Waals surface area contributed by atoms with E-state index in [1.54, 1.807) is 20.1 Å². The number of carbonyl (C=O) groups excluding carboxylic acids is 1. The second kappa shape index (κ2) is 5.89. The van der Waals surface area contributed by atoms with Crippen LogP contribution in [0.1, 0.15) is 22.8 Å². The summed E-state index contributed by atoms with van der Waals surface area (Å²) < 4.78 is 10.4. The highest BCUT2D eigenvalue weighted by Gasteiger charge is 2.16. The second-order valence-corrected chi connectivity index (χ2v) is 4.08. The maximum atomic E-state index is 11.5. The lowest BCUT2D eigenvalue weighted by Crippen LogP contribution is -2.10. The van der Waals surface area contributed by atoms with Crippen molar-refractivity contribution in [2.24, 2.45) is 0 Å². The van der Waals surface area contributed by atoms with Gasteiger partial charge in [-0.25, -0.2) is 0 Å². The standard InChI is InChI=1S/C12H16ClNO3/c1-7-10(13)6-9(8(2)15)12(11(7)14)17-5-4-16-3/h6H,4-5,14H2,1-3H3. The normalized spacial score (nSPS) is 10.4. The quantitative estimate of drug-likeness (QED) is 0.500. The first-order valence-electron chi connectivity index (χ1n) is 5.20. The van der Waals surface area contributed by atoms with Crippen molar-refractivity contribution in [3.8, 4) is 5.75 Å². The highest BCUT2D eigenvalue weighted by atomic mass is 35.5. The maximum Gasteiger partial charge on any atom is 0.163 e. The number of Topliss-reactive ketones (excluding diaryl/α,β-unsaturated/α-hetero) is 1. The number of rotatable bonds is 5. The van der Waals surface area contributed by atoms with Gasteiger partial charge >= 0.3 is 0 Å². The van der Waals surface area contributed by atoms with Gasteiger partial charge < -0.3 is 15.2 Å². The number of halogens is 1. The lowest BCUT2D eigenvalue weighted by Gasteiger charge is -2.15. The summed E-state index contributed by atoms with van der Waals surface area (Å²) in [5.74, 6) is 0.252. The molecule has 0 radical (unpaired) electrons. The van der Waals surface area contributed by atoms with Gasteiger partial charge in [-0.05, 0) is 25.5 Å². The number of methoxy groups -OCH3 is 1. The topological polar surface area (TPSA) is 61.5 Å². The van der Waals surface area contributed by atoms with Gasteiger partial charge in [-0.2, -0.15) is 0 Å². The van der Waals surface area contributed by atoms with Gasteiger partial charge in [-0.1, -0.05) is 11.6 Å². The third-order valence-corrected chi connectivity index (χ3v) is 2.83. The Morgan fingerprint density at radius 1 is 1.47 bits per heavy atom. The van der Waals surface area contributed by atoms with E-state index in [2.05, 4.69) is 0 Å². The molecule has 0 atom stereocenters. The molecular formula is C12H16ClNO3. The number of nitrogens with two attached hydrogens (primary N) is 1. The molecule has 0 aromatic heterocycles. The van der Waals surface area contributed by atoms with Crippen molar-refractivity contribution in [3.63, 3.8) is 0 Å². The molecule has 5 heteroatoms. The van der Waals surface area contributed by atoms with Crippen molar-refractivity contribution in [2.45, 2.75) is 13.8 Å². The third kappa shape index (κ3) is 3.11. The monoisotopic (exact) mass is 257 g/mol. The van der Waals surface area contributed by atoms with E-state index in [0.29, 0.717) is 40.8 Å². The zero-order valence-corrected chi connectivity index (χ0v) is 10.9. The first kappa shape index (κ1) is 13.8. The van der Waals surface area contributed by atoms with Gasteiger partial charge in [0.25, 0.3) is 0 Å². The van der Waals surface area contributed by atoms with E-state index < -0.39 is 0 Å². The van der Waals surface area contributed by atoms with E-state index in [1.165, 1.54) is 6.92 Å². The number of benzene rings is 1. The molecule has 0 saturated carbocycles. The molecule has 0 bridgehead atoms. The molecule has 1 aromatic carbocycles. The number of nitrogen functional groups attached to an aromatic ring is 1. The highest BCUT2D eigenvalue weighted by Crippen LogP contribution is 2.35. The molecule has 94 valence electrons. The van der Waals surface area contributed by atoms with Gasteiger partial charge in [-0.3, -0.25) is 4.79 Å². The molecule has 0 unspecified atom stereocenters. The average molecular weight is 258 g/mol. The molecule has 0 saturated heterocycles. The van der Waals surface area contributed by atoms with Crippen LogP contribution >= 0.6 is 11.6 Å². The van der Waals surface area contributed by atoms with Crippen molar-refractivity contribution in [1.82, 2.24) is 0 Å². The largest absolute Gasteiger partial charge is 0.488 e. The van der Waals surface area contributed by atoms with Gasteiger partial charge in [0.1, 0.15) is 6.61 Å². The van der Waals surface area contributed by atoms with Crippen LogP contribution < -0.4 is 10.5 Å². The average Bonchev–Trinajstić information content (AvgIpc) is 2.28. The fraction of sp³-hybridized carbons (Fsp3) is 0.417. The number of ether oxygens (including phenoxy) is 2. The van der Waals surface area contributed by atoms with E-state index in [0.717, 1.165) is 0 Å². The van der Waals surface area contributed by atoms with Gasteiger partial charge in [-0.15, -0.1) is 0 Å². The summed E-state index contributed by atoms with van der Waals surface area (Å²) in [5, 5.41) is 0.465.